The smallest absolute Gasteiger partial charge is 0.266 e. The van der Waals surface area contributed by atoms with E-state index in [1.54, 1.807) is 48.5 Å². The molecule has 8 nitrogen and oxygen atoms in total. The highest BCUT2D eigenvalue weighted by atomic mass is 16.5. The summed E-state index contributed by atoms with van der Waals surface area (Å²) in [6.07, 6.45) is 0. The van der Waals surface area contributed by atoms with E-state index < -0.39 is 22.2 Å². The largest absolute Gasteiger partial charge is 0.495 e. The van der Waals surface area contributed by atoms with E-state index in [0.717, 1.165) is 11.1 Å². The van der Waals surface area contributed by atoms with Gasteiger partial charge in [0.15, 0.2) is 0 Å². The van der Waals surface area contributed by atoms with Gasteiger partial charge >= 0.3 is 0 Å². The van der Waals surface area contributed by atoms with Crippen LogP contribution in [0.1, 0.15) is 52.7 Å². The first-order valence-corrected chi connectivity index (χ1v) is 15.8. The van der Waals surface area contributed by atoms with E-state index in [0.29, 0.717) is 44.4 Å². The van der Waals surface area contributed by atoms with E-state index in [1.165, 1.54) is 23.4 Å². The molecule has 0 saturated heterocycles. The number of nitrogens with zero attached hydrogens (tertiary/aromatic N) is 2. The van der Waals surface area contributed by atoms with E-state index >= 15 is 0 Å². The SMILES string of the molecule is COc1c2cc3c(=O)n(-c4ccc(C(C)(C)C)cc4)c(=O)c3cc2c(OC)c2cc3c(=O)n(-c4ccc(C(C)(C)C)cc4)c(=O)c3cc12. The monoisotopic (exact) mass is 640 g/mol. The average Bonchev–Trinajstić information content (AvgIpc) is 3.44. The van der Waals surface area contributed by atoms with E-state index in [2.05, 4.69) is 41.5 Å². The first-order valence-electron chi connectivity index (χ1n) is 15.8. The van der Waals surface area contributed by atoms with Crippen LogP contribution in [-0.4, -0.2) is 23.4 Å². The van der Waals surface area contributed by atoms with Crippen LogP contribution in [0.5, 0.6) is 11.5 Å². The van der Waals surface area contributed by atoms with Crippen molar-refractivity contribution in [3.05, 3.63) is 125 Å². The average molecular weight is 641 g/mol. The van der Waals surface area contributed by atoms with Gasteiger partial charge in [-0.1, -0.05) is 65.8 Å². The predicted octanol–water partition coefficient (Wildman–Crippen LogP) is 6.81. The molecular formula is C40H36N2O6. The number of hydrogen-bond donors (Lipinski definition) is 0. The second kappa shape index (κ2) is 10.5. The van der Waals surface area contributed by atoms with Crippen molar-refractivity contribution in [3.8, 4) is 22.9 Å². The fourth-order valence-corrected chi connectivity index (χ4v) is 6.74. The van der Waals surface area contributed by atoms with Crippen molar-refractivity contribution in [3.63, 3.8) is 0 Å². The van der Waals surface area contributed by atoms with Crippen molar-refractivity contribution in [2.75, 3.05) is 14.2 Å². The van der Waals surface area contributed by atoms with Gasteiger partial charge in [-0.25, -0.2) is 9.13 Å². The summed E-state index contributed by atoms with van der Waals surface area (Å²) in [5.41, 5.74) is 1.20. The maximum Gasteiger partial charge on any atom is 0.266 e. The quantitative estimate of drug-likeness (QED) is 0.196. The lowest BCUT2D eigenvalue weighted by Crippen LogP contribution is -2.23. The Morgan fingerprint density at radius 2 is 0.667 bits per heavy atom. The lowest BCUT2D eigenvalue weighted by Gasteiger charge is -2.19. The Hall–Kier alpha value is -5.50. The molecule has 0 saturated carbocycles. The topological polar surface area (TPSA) is 96.6 Å². The van der Waals surface area contributed by atoms with Gasteiger partial charge in [-0.3, -0.25) is 19.2 Å². The van der Waals surface area contributed by atoms with Gasteiger partial charge < -0.3 is 9.47 Å². The van der Waals surface area contributed by atoms with Gasteiger partial charge in [-0.2, -0.15) is 0 Å². The molecule has 2 aromatic heterocycles. The zero-order chi connectivity index (χ0) is 34.4. The zero-order valence-corrected chi connectivity index (χ0v) is 28.3. The Kier molecular flexibility index (Phi) is 6.81. The highest BCUT2D eigenvalue weighted by Crippen LogP contribution is 2.44. The number of fused-ring (bicyclic) bond motifs is 4. The van der Waals surface area contributed by atoms with Crippen LogP contribution in [0, 0.1) is 0 Å². The normalized spacial score (nSPS) is 12.5. The van der Waals surface area contributed by atoms with Gasteiger partial charge in [0.1, 0.15) is 11.5 Å². The van der Waals surface area contributed by atoms with Crippen molar-refractivity contribution < 1.29 is 9.47 Å². The highest BCUT2D eigenvalue weighted by molar-refractivity contribution is 6.17. The fourth-order valence-electron chi connectivity index (χ4n) is 6.74. The van der Waals surface area contributed by atoms with Gasteiger partial charge in [-0.05, 0) is 70.5 Å². The van der Waals surface area contributed by atoms with Gasteiger partial charge in [0, 0.05) is 21.5 Å². The van der Waals surface area contributed by atoms with E-state index in [1.807, 2.05) is 24.3 Å². The molecule has 0 bridgehead atoms. The lowest BCUT2D eigenvalue weighted by atomic mass is 9.87. The van der Waals surface area contributed by atoms with Crippen molar-refractivity contribution in [1.29, 1.82) is 0 Å². The Morgan fingerprint density at radius 3 is 0.875 bits per heavy atom. The third-order valence-electron chi connectivity index (χ3n) is 9.42. The van der Waals surface area contributed by atoms with Crippen molar-refractivity contribution in [2.24, 2.45) is 0 Å². The number of methoxy groups -OCH3 is 2. The van der Waals surface area contributed by atoms with Crippen LogP contribution in [0.25, 0.3) is 54.5 Å². The van der Waals surface area contributed by atoms with Gasteiger partial charge in [0.2, 0.25) is 0 Å². The zero-order valence-electron chi connectivity index (χ0n) is 28.3. The molecule has 0 aliphatic carbocycles. The summed E-state index contributed by atoms with van der Waals surface area (Å²) in [5.74, 6) is 0.792. The predicted molar refractivity (Wildman–Crippen MR) is 193 cm³/mol. The third kappa shape index (κ3) is 4.50. The second-order valence-electron chi connectivity index (χ2n) is 14.4. The summed E-state index contributed by atoms with van der Waals surface area (Å²) < 4.78 is 14.2. The molecule has 0 atom stereocenters. The summed E-state index contributed by atoms with van der Waals surface area (Å²) >= 11 is 0. The molecule has 0 amide bonds. The maximum absolute atomic E-state index is 13.8. The summed E-state index contributed by atoms with van der Waals surface area (Å²) in [5, 5.41) is 3.12. The van der Waals surface area contributed by atoms with Gasteiger partial charge in [-0.15, -0.1) is 0 Å². The molecule has 48 heavy (non-hydrogen) atoms. The molecule has 7 rings (SSSR count). The molecule has 7 aromatic rings. The minimum absolute atomic E-state index is 0.0845. The number of ether oxygens (including phenoxy) is 2. The maximum atomic E-state index is 13.8. The molecular weight excluding hydrogens is 604 g/mol. The van der Waals surface area contributed by atoms with Crippen LogP contribution in [0.3, 0.4) is 0 Å². The summed E-state index contributed by atoms with van der Waals surface area (Å²) in [7, 11) is 3.01. The Balaban J connectivity index is 1.49. The van der Waals surface area contributed by atoms with Crippen molar-refractivity contribution in [2.45, 2.75) is 52.4 Å². The Bertz CT molecular complexity index is 2350. The molecule has 0 spiro atoms. The van der Waals surface area contributed by atoms with Crippen LogP contribution in [0.2, 0.25) is 0 Å². The molecule has 8 heteroatoms. The van der Waals surface area contributed by atoms with Crippen molar-refractivity contribution in [1.82, 2.24) is 9.13 Å². The summed E-state index contributed by atoms with van der Waals surface area (Å²) in [4.78, 5) is 55.1. The summed E-state index contributed by atoms with van der Waals surface area (Å²) in [6.45, 7) is 12.6. The first kappa shape index (κ1) is 31.1. The molecule has 0 aliphatic rings. The highest BCUT2D eigenvalue weighted by Gasteiger charge is 2.24. The van der Waals surface area contributed by atoms with Crippen LogP contribution in [-0.2, 0) is 10.8 Å². The summed E-state index contributed by atoms with van der Waals surface area (Å²) in [6, 6.07) is 21.5. The van der Waals surface area contributed by atoms with Crippen LogP contribution in [0.15, 0.2) is 92.0 Å². The van der Waals surface area contributed by atoms with Crippen LogP contribution < -0.4 is 31.7 Å². The number of aromatic nitrogens is 2. The first-order chi connectivity index (χ1) is 22.6. The van der Waals surface area contributed by atoms with Gasteiger partial charge in [0.25, 0.3) is 22.2 Å². The molecule has 2 heterocycles. The minimum Gasteiger partial charge on any atom is -0.495 e. The van der Waals surface area contributed by atoms with Crippen LogP contribution >= 0.6 is 0 Å². The van der Waals surface area contributed by atoms with E-state index in [-0.39, 0.29) is 32.4 Å². The molecule has 0 unspecified atom stereocenters. The Labute approximate surface area is 276 Å². The second-order valence-corrected chi connectivity index (χ2v) is 14.4. The van der Waals surface area contributed by atoms with E-state index in [9.17, 15) is 19.2 Å². The van der Waals surface area contributed by atoms with E-state index in [4.69, 9.17) is 9.47 Å². The lowest BCUT2D eigenvalue weighted by molar-refractivity contribution is 0.418. The fraction of sp³-hybridized carbons (Fsp3) is 0.250. The minimum atomic E-state index is -0.440. The number of hydrogen-bond acceptors (Lipinski definition) is 6. The van der Waals surface area contributed by atoms with Gasteiger partial charge in [0.05, 0.1) is 47.1 Å². The molecule has 0 radical (unpaired) electrons. The molecule has 0 aliphatic heterocycles. The van der Waals surface area contributed by atoms with Crippen LogP contribution in [0.4, 0.5) is 0 Å². The standard InChI is InChI=1S/C40H36N2O6/c1-39(2,3)21-9-13-23(14-10-21)41-35(43)29-17-25-26(18-30(29)36(41)44)34(48-8)28-20-32-31(19-27(28)33(25)47-7)37(45)42(38(32)46)24-15-11-22(12-16-24)40(4,5)6/h9-20H,1-8H3. The third-order valence-corrected chi connectivity index (χ3v) is 9.42. The molecule has 242 valence electrons. The molecule has 5 aromatic carbocycles. The Morgan fingerprint density at radius 1 is 0.417 bits per heavy atom. The molecule has 0 N–H and O–H groups in total. The van der Waals surface area contributed by atoms with Crippen molar-refractivity contribution >= 4 is 43.1 Å². The number of rotatable bonds is 4. The number of benzene rings is 5. The molecule has 0 fully saturated rings.